The van der Waals surface area contributed by atoms with Crippen LogP contribution in [0.25, 0.3) is 10.8 Å². The summed E-state index contributed by atoms with van der Waals surface area (Å²) in [6.07, 6.45) is 2.57. The van der Waals surface area contributed by atoms with Crippen LogP contribution in [0.5, 0.6) is 0 Å². The highest BCUT2D eigenvalue weighted by atomic mass is 16.2. The van der Waals surface area contributed by atoms with E-state index >= 15 is 0 Å². The van der Waals surface area contributed by atoms with Gasteiger partial charge in [0.15, 0.2) is 0 Å². The molecule has 0 radical (unpaired) electrons. The molecule has 0 unspecified atom stereocenters. The number of fused-ring (bicyclic) bond motifs is 1. The van der Waals surface area contributed by atoms with Gasteiger partial charge in [-0.05, 0) is 34.9 Å². The molecular weight excluding hydrogens is 296 g/mol. The summed E-state index contributed by atoms with van der Waals surface area (Å²) in [7, 11) is 0. The van der Waals surface area contributed by atoms with Crippen LogP contribution in [0, 0.1) is 0 Å². The molecule has 3 aromatic rings. The average Bonchev–Trinajstić information content (AvgIpc) is 2.65. The molecule has 3 heteroatoms. The van der Waals surface area contributed by atoms with Gasteiger partial charge in [0.05, 0.1) is 6.04 Å². The molecule has 0 saturated carbocycles. The first-order chi connectivity index (χ1) is 11.8. The van der Waals surface area contributed by atoms with Crippen LogP contribution in [0.2, 0.25) is 0 Å². The third kappa shape index (κ3) is 3.53. The highest BCUT2D eigenvalue weighted by Crippen LogP contribution is 2.26. The minimum atomic E-state index is -0.148. The zero-order valence-electron chi connectivity index (χ0n) is 13.4. The molecule has 3 aromatic carbocycles. The summed E-state index contributed by atoms with van der Waals surface area (Å²) in [5.74, 6) is -0.148. The monoisotopic (exact) mass is 316 g/mol. The average molecular weight is 316 g/mol. The van der Waals surface area contributed by atoms with Gasteiger partial charge in [-0.25, -0.2) is 5.43 Å². The van der Waals surface area contributed by atoms with Crippen molar-refractivity contribution in [1.82, 2.24) is 10.9 Å². The Balaban J connectivity index is 1.82. The second kappa shape index (κ2) is 7.57. The van der Waals surface area contributed by atoms with Crippen LogP contribution in [0.3, 0.4) is 0 Å². The fourth-order valence-electron chi connectivity index (χ4n) is 2.80. The largest absolute Gasteiger partial charge is 0.287 e. The van der Waals surface area contributed by atoms with Crippen molar-refractivity contribution < 1.29 is 4.79 Å². The van der Waals surface area contributed by atoms with E-state index in [4.69, 9.17) is 0 Å². The lowest BCUT2D eigenvalue weighted by Gasteiger charge is -2.20. The first-order valence-corrected chi connectivity index (χ1v) is 7.99. The van der Waals surface area contributed by atoms with Crippen LogP contribution in [0.1, 0.15) is 28.4 Å². The van der Waals surface area contributed by atoms with Crippen molar-refractivity contribution in [2.24, 2.45) is 0 Å². The highest BCUT2D eigenvalue weighted by Gasteiger charge is 2.14. The smallest absolute Gasteiger partial charge is 0.265 e. The maximum atomic E-state index is 12.2. The minimum Gasteiger partial charge on any atom is -0.287 e. The summed E-state index contributed by atoms with van der Waals surface area (Å²) in [5, 5.41) is 2.36. The summed E-state index contributed by atoms with van der Waals surface area (Å²) >= 11 is 0. The lowest BCUT2D eigenvalue weighted by molar-refractivity contribution is 0.0925. The van der Waals surface area contributed by atoms with Gasteiger partial charge < -0.3 is 0 Å². The summed E-state index contributed by atoms with van der Waals surface area (Å²) < 4.78 is 0. The van der Waals surface area contributed by atoms with Crippen LogP contribution in [-0.4, -0.2) is 5.91 Å². The van der Waals surface area contributed by atoms with Crippen molar-refractivity contribution >= 4 is 16.7 Å². The van der Waals surface area contributed by atoms with E-state index in [1.54, 1.807) is 12.1 Å². The molecule has 2 N–H and O–H groups in total. The van der Waals surface area contributed by atoms with Crippen molar-refractivity contribution in [2.75, 3.05) is 0 Å². The lowest BCUT2D eigenvalue weighted by atomic mass is 9.97. The van der Waals surface area contributed by atoms with Crippen LogP contribution >= 0.6 is 0 Å². The van der Waals surface area contributed by atoms with Crippen molar-refractivity contribution in [3.8, 4) is 0 Å². The quantitative estimate of drug-likeness (QED) is 0.523. The summed E-state index contributed by atoms with van der Waals surface area (Å²) in [4.78, 5) is 12.2. The van der Waals surface area contributed by atoms with Crippen molar-refractivity contribution in [3.05, 3.63) is 96.6 Å². The van der Waals surface area contributed by atoms with E-state index in [9.17, 15) is 4.79 Å². The van der Waals surface area contributed by atoms with Gasteiger partial charge in [0.2, 0.25) is 0 Å². The fourth-order valence-corrected chi connectivity index (χ4v) is 2.80. The molecule has 0 aliphatic heterocycles. The van der Waals surface area contributed by atoms with Crippen LogP contribution < -0.4 is 10.9 Å². The van der Waals surface area contributed by atoms with Gasteiger partial charge in [-0.2, -0.15) is 0 Å². The molecule has 0 spiro atoms. The van der Waals surface area contributed by atoms with Crippen molar-refractivity contribution in [2.45, 2.75) is 12.5 Å². The van der Waals surface area contributed by atoms with Gasteiger partial charge in [0.1, 0.15) is 0 Å². The van der Waals surface area contributed by atoms with Crippen molar-refractivity contribution in [1.29, 1.82) is 0 Å². The summed E-state index contributed by atoms with van der Waals surface area (Å²) in [6, 6.07) is 23.6. The van der Waals surface area contributed by atoms with E-state index in [0.717, 1.165) is 5.56 Å². The number of carbonyl (C=O) groups excluding carboxylic acids is 1. The Morgan fingerprint density at radius 2 is 1.67 bits per heavy atom. The zero-order valence-corrected chi connectivity index (χ0v) is 13.4. The second-order valence-corrected chi connectivity index (χ2v) is 5.61. The summed E-state index contributed by atoms with van der Waals surface area (Å²) in [5.41, 5.74) is 7.73. The van der Waals surface area contributed by atoms with Gasteiger partial charge in [0.25, 0.3) is 5.91 Å². The van der Waals surface area contributed by atoms with E-state index in [-0.39, 0.29) is 11.9 Å². The molecule has 0 fully saturated rings. The normalized spacial score (nSPS) is 11.8. The number of rotatable bonds is 6. The Bertz CT molecular complexity index is 837. The predicted octanol–water partition coefficient (Wildman–Crippen LogP) is 4.39. The standard InChI is InChI=1S/C21H20N2O/c1-2-9-20(22-23-21(24)17-11-4-3-5-12-17)19-15-8-13-16-10-6-7-14-18(16)19/h2-8,10-15,20,22H,1,9H2,(H,23,24)/t20-/m0/s1. The number of hydrazine groups is 1. The number of nitrogens with one attached hydrogen (secondary N) is 2. The molecule has 1 amide bonds. The molecular formula is C21H20N2O. The zero-order chi connectivity index (χ0) is 16.8. The molecule has 3 rings (SSSR count). The van der Waals surface area contributed by atoms with Crippen LogP contribution in [0.4, 0.5) is 0 Å². The number of hydrogen-bond donors (Lipinski definition) is 2. The number of carbonyl (C=O) groups is 1. The fraction of sp³-hybridized carbons (Fsp3) is 0.0952. The van der Waals surface area contributed by atoms with Crippen LogP contribution in [-0.2, 0) is 0 Å². The van der Waals surface area contributed by atoms with Gasteiger partial charge in [-0.1, -0.05) is 66.7 Å². The maximum Gasteiger partial charge on any atom is 0.265 e. The number of amides is 1. The molecule has 0 bridgehead atoms. The van der Waals surface area contributed by atoms with E-state index < -0.39 is 0 Å². The highest BCUT2D eigenvalue weighted by molar-refractivity contribution is 5.93. The van der Waals surface area contributed by atoms with Crippen molar-refractivity contribution in [3.63, 3.8) is 0 Å². The predicted molar refractivity (Wildman–Crippen MR) is 98.5 cm³/mol. The third-order valence-electron chi connectivity index (χ3n) is 4.00. The summed E-state index contributed by atoms with van der Waals surface area (Å²) in [6.45, 7) is 3.84. The van der Waals surface area contributed by atoms with Crippen LogP contribution in [0.15, 0.2) is 85.5 Å². The Labute approximate surface area is 142 Å². The Kier molecular flexibility index (Phi) is 5.04. The Morgan fingerprint density at radius 3 is 2.46 bits per heavy atom. The first-order valence-electron chi connectivity index (χ1n) is 7.99. The maximum absolute atomic E-state index is 12.2. The Morgan fingerprint density at radius 1 is 0.958 bits per heavy atom. The lowest BCUT2D eigenvalue weighted by Crippen LogP contribution is -2.40. The van der Waals surface area contributed by atoms with Gasteiger partial charge in [-0.3, -0.25) is 10.2 Å². The van der Waals surface area contributed by atoms with E-state index in [2.05, 4.69) is 41.7 Å². The molecule has 3 nitrogen and oxygen atoms in total. The SMILES string of the molecule is C=CC[C@H](NNC(=O)c1ccccc1)c1cccc2ccccc12. The number of benzene rings is 3. The minimum absolute atomic E-state index is 0.0405. The molecule has 1 atom stereocenters. The van der Waals surface area contributed by atoms with Gasteiger partial charge >= 0.3 is 0 Å². The molecule has 0 aromatic heterocycles. The van der Waals surface area contributed by atoms with Gasteiger partial charge in [0, 0.05) is 5.56 Å². The van der Waals surface area contributed by atoms with E-state index in [1.165, 1.54) is 10.8 Å². The van der Waals surface area contributed by atoms with Gasteiger partial charge in [-0.15, -0.1) is 6.58 Å². The first kappa shape index (κ1) is 16.0. The molecule has 0 aliphatic rings. The topological polar surface area (TPSA) is 41.1 Å². The molecule has 120 valence electrons. The van der Waals surface area contributed by atoms with E-state index in [0.29, 0.717) is 12.0 Å². The molecule has 24 heavy (non-hydrogen) atoms. The molecule has 0 aliphatic carbocycles. The molecule has 0 saturated heterocycles. The second-order valence-electron chi connectivity index (χ2n) is 5.61. The number of hydrogen-bond acceptors (Lipinski definition) is 2. The van der Waals surface area contributed by atoms with E-state index in [1.807, 2.05) is 42.5 Å². The third-order valence-corrected chi connectivity index (χ3v) is 4.00. The molecule has 0 heterocycles. The Hall–Kier alpha value is -2.91.